The zero-order chi connectivity index (χ0) is 28.4. The van der Waals surface area contributed by atoms with Gasteiger partial charge in [-0.15, -0.1) is 4.72 Å². The molecule has 1 heterocycles. The standard InChI is InChI=1S/C26H29F2N3O5S2/c1-15(30-37(34)26(2,3)4)19-12-24(32)31(5)14-22(19)20-10-17(13-29-38(35)36)23(28)11-21(20)25(33)16-6-8-18(27)9-7-16/h6-12,14-15,30,38H,13H2,1-5H3,(H,29,35,36)/t15-,37?/m0/s1. The smallest absolute Gasteiger partial charge is 0.250 e. The number of pyridine rings is 1. The molecule has 1 aromatic heterocycles. The van der Waals surface area contributed by atoms with Crippen molar-refractivity contribution in [2.24, 2.45) is 7.05 Å². The average molecular weight is 566 g/mol. The van der Waals surface area contributed by atoms with Crippen LogP contribution in [-0.2, 0) is 35.8 Å². The highest BCUT2D eigenvalue weighted by Crippen LogP contribution is 2.34. The molecule has 0 bridgehead atoms. The first-order valence-corrected chi connectivity index (χ1v) is 13.9. The number of ketones is 1. The van der Waals surface area contributed by atoms with Crippen LogP contribution in [0.3, 0.4) is 0 Å². The van der Waals surface area contributed by atoms with Gasteiger partial charge in [0.1, 0.15) is 16.4 Å². The second kappa shape index (κ2) is 11.9. The normalized spacial score (nSPS) is 13.5. The van der Waals surface area contributed by atoms with Crippen LogP contribution >= 0.6 is 0 Å². The lowest BCUT2D eigenvalue weighted by atomic mass is 9.89. The van der Waals surface area contributed by atoms with Crippen LogP contribution in [0.2, 0.25) is 0 Å². The lowest BCUT2D eigenvalue weighted by molar-refractivity contribution is 0.103. The molecule has 204 valence electrons. The highest BCUT2D eigenvalue weighted by molar-refractivity contribution is 7.90. The van der Waals surface area contributed by atoms with Crippen molar-refractivity contribution in [3.63, 3.8) is 0 Å². The van der Waals surface area contributed by atoms with E-state index < -0.39 is 50.5 Å². The van der Waals surface area contributed by atoms with E-state index in [0.29, 0.717) is 11.1 Å². The second-order valence-electron chi connectivity index (χ2n) is 9.73. The van der Waals surface area contributed by atoms with Crippen LogP contribution in [-0.4, -0.2) is 28.1 Å². The molecule has 0 amide bonds. The Bertz CT molecular complexity index is 1470. The van der Waals surface area contributed by atoms with E-state index in [4.69, 9.17) is 0 Å². The Balaban J connectivity index is 2.27. The van der Waals surface area contributed by atoms with E-state index in [0.717, 1.165) is 18.2 Å². The molecule has 0 aliphatic heterocycles. The molecule has 0 spiro atoms. The van der Waals surface area contributed by atoms with E-state index in [1.54, 1.807) is 27.7 Å². The van der Waals surface area contributed by atoms with Gasteiger partial charge in [0.05, 0.1) is 6.04 Å². The molecule has 0 saturated heterocycles. The molecule has 38 heavy (non-hydrogen) atoms. The Kier molecular flexibility index (Phi) is 9.26. The minimum Gasteiger partial charge on any atom is -0.598 e. The summed E-state index contributed by atoms with van der Waals surface area (Å²) in [4.78, 5) is 26.1. The molecule has 3 aromatic rings. The molecule has 2 aromatic carbocycles. The fourth-order valence-corrected chi connectivity index (χ4v) is 4.80. The minimum absolute atomic E-state index is 0.0338. The number of carbonyl (C=O) groups is 1. The van der Waals surface area contributed by atoms with E-state index in [-0.39, 0.29) is 34.4 Å². The van der Waals surface area contributed by atoms with Crippen molar-refractivity contribution in [2.45, 2.75) is 45.0 Å². The lowest BCUT2D eigenvalue weighted by Gasteiger charge is -2.27. The van der Waals surface area contributed by atoms with Crippen LogP contribution in [0, 0.1) is 11.6 Å². The van der Waals surface area contributed by atoms with Crippen molar-refractivity contribution in [3.05, 3.63) is 92.9 Å². The molecular formula is C26H29F2N3O5S2. The van der Waals surface area contributed by atoms with E-state index >= 15 is 4.39 Å². The summed E-state index contributed by atoms with van der Waals surface area (Å²) in [6.07, 6.45) is 1.48. The van der Waals surface area contributed by atoms with Crippen molar-refractivity contribution in [1.29, 1.82) is 0 Å². The van der Waals surface area contributed by atoms with Gasteiger partial charge in [0.25, 0.3) is 5.56 Å². The Morgan fingerprint density at radius 1 is 1.11 bits per heavy atom. The molecule has 0 fully saturated rings. The Morgan fingerprint density at radius 3 is 2.32 bits per heavy atom. The average Bonchev–Trinajstić information content (AvgIpc) is 2.83. The van der Waals surface area contributed by atoms with Gasteiger partial charge >= 0.3 is 0 Å². The van der Waals surface area contributed by atoms with Gasteiger partial charge < -0.3 is 9.12 Å². The van der Waals surface area contributed by atoms with Crippen LogP contribution < -0.4 is 15.0 Å². The summed E-state index contributed by atoms with van der Waals surface area (Å²) in [5, 5.41) is 0. The monoisotopic (exact) mass is 565 g/mol. The van der Waals surface area contributed by atoms with E-state index in [1.165, 1.54) is 42.1 Å². The number of nitrogens with zero attached hydrogens (tertiary/aromatic N) is 1. The van der Waals surface area contributed by atoms with Gasteiger partial charge in [0, 0.05) is 59.5 Å². The van der Waals surface area contributed by atoms with Crippen LogP contribution in [0.5, 0.6) is 0 Å². The lowest BCUT2D eigenvalue weighted by Crippen LogP contribution is -2.41. The number of halogens is 2. The first-order chi connectivity index (χ1) is 17.7. The number of nitrogens with one attached hydrogen (secondary N) is 2. The summed E-state index contributed by atoms with van der Waals surface area (Å²) >= 11 is -1.51. The molecule has 2 N–H and O–H groups in total. The van der Waals surface area contributed by atoms with Crippen LogP contribution in [0.25, 0.3) is 11.1 Å². The first kappa shape index (κ1) is 29.7. The third-order valence-corrected chi connectivity index (χ3v) is 7.89. The van der Waals surface area contributed by atoms with Gasteiger partial charge in [-0.2, -0.15) is 0 Å². The summed E-state index contributed by atoms with van der Waals surface area (Å²) in [5.74, 6) is -1.98. The number of hydrogen-bond donors (Lipinski definition) is 3. The minimum atomic E-state index is -3.02. The maximum absolute atomic E-state index is 15.1. The fourth-order valence-electron chi connectivity index (χ4n) is 3.70. The first-order valence-electron chi connectivity index (χ1n) is 11.6. The fraction of sp³-hybridized carbons (Fsp3) is 0.308. The molecule has 0 aliphatic rings. The van der Waals surface area contributed by atoms with E-state index in [2.05, 4.69) is 9.44 Å². The van der Waals surface area contributed by atoms with Crippen molar-refractivity contribution < 1.29 is 26.5 Å². The number of aryl methyl sites for hydroxylation is 1. The predicted octanol–water partition coefficient (Wildman–Crippen LogP) is 3.29. The predicted molar refractivity (Wildman–Crippen MR) is 144 cm³/mol. The third-order valence-electron chi connectivity index (χ3n) is 5.79. The van der Waals surface area contributed by atoms with Crippen molar-refractivity contribution in [2.75, 3.05) is 0 Å². The quantitative estimate of drug-likeness (QED) is 0.208. The number of aromatic nitrogens is 1. The van der Waals surface area contributed by atoms with Gasteiger partial charge in [-0.3, -0.25) is 9.59 Å². The van der Waals surface area contributed by atoms with Crippen LogP contribution in [0.15, 0.2) is 53.5 Å². The summed E-state index contributed by atoms with van der Waals surface area (Å²) in [7, 11) is -1.50. The highest BCUT2D eigenvalue weighted by Gasteiger charge is 2.30. The van der Waals surface area contributed by atoms with Crippen LogP contribution in [0.1, 0.15) is 60.8 Å². The number of thiol groups is 1. The Morgan fingerprint density at radius 2 is 1.74 bits per heavy atom. The molecule has 0 radical (unpaired) electrons. The second-order valence-corrected chi connectivity index (χ2v) is 12.6. The number of carbonyl (C=O) groups excluding carboxylic acids is 1. The maximum atomic E-state index is 15.1. The number of benzene rings is 2. The van der Waals surface area contributed by atoms with Gasteiger partial charge in [0.2, 0.25) is 10.9 Å². The highest BCUT2D eigenvalue weighted by atomic mass is 32.2. The topological polar surface area (TPSA) is 120 Å². The van der Waals surface area contributed by atoms with Crippen LogP contribution in [0.4, 0.5) is 8.78 Å². The summed E-state index contributed by atoms with van der Waals surface area (Å²) in [6.45, 7) is 6.69. The van der Waals surface area contributed by atoms with E-state index in [9.17, 15) is 27.0 Å². The van der Waals surface area contributed by atoms with Crippen molar-refractivity contribution in [3.8, 4) is 11.1 Å². The zero-order valence-electron chi connectivity index (χ0n) is 21.5. The number of rotatable bonds is 9. The molecule has 0 aliphatic carbocycles. The molecule has 1 unspecified atom stereocenters. The van der Waals surface area contributed by atoms with Crippen molar-refractivity contribution >= 4 is 28.0 Å². The van der Waals surface area contributed by atoms with Gasteiger partial charge in [-0.1, -0.05) is 0 Å². The molecule has 8 nitrogen and oxygen atoms in total. The van der Waals surface area contributed by atoms with E-state index in [1.807, 2.05) is 0 Å². The molecule has 12 heteroatoms. The molecule has 2 atom stereocenters. The van der Waals surface area contributed by atoms with Gasteiger partial charge in [-0.25, -0.2) is 21.9 Å². The third kappa shape index (κ3) is 6.94. The Hall–Kier alpha value is -2.90. The Labute approximate surface area is 224 Å². The zero-order valence-corrected chi connectivity index (χ0v) is 23.2. The molecule has 0 saturated carbocycles. The largest absolute Gasteiger partial charge is 0.598 e. The molecule has 3 rings (SSSR count). The summed E-state index contributed by atoms with van der Waals surface area (Å²) < 4.78 is 69.3. The molecular weight excluding hydrogens is 536 g/mol. The summed E-state index contributed by atoms with van der Waals surface area (Å²) in [6, 6.07) is 7.81. The van der Waals surface area contributed by atoms with Crippen molar-refractivity contribution in [1.82, 2.24) is 14.0 Å². The summed E-state index contributed by atoms with van der Waals surface area (Å²) in [5.41, 5.74) is 0.626. The number of hydrogen-bond acceptors (Lipinski definition) is 6. The SMILES string of the molecule is C[C@H](N[S+]([O-])C(C)(C)C)c1cc(=O)n(C)cc1-c1cc(CN[SH](=O)=O)c(F)cc1C(=O)c1ccc(F)cc1. The maximum Gasteiger partial charge on any atom is 0.250 e. The van der Waals surface area contributed by atoms with Gasteiger partial charge in [0.15, 0.2) is 5.78 Å². The van der Waals surface area contributed by atoms with Gasteiger partial charge in [-0.05, 0) is 75.2 Å².